The molecule has 1 aromatic carbocycles. The van der Waals surface area contributed by atoms with Crippen molar-refractivity contribution in [2.75, 3.05) is 59.7 Å². The second-order valence-corrected chi connectivity index (χ2v) is 9.06. The topological polar surface area (TPSA) is 34.2 Å². The first-order chi connectivity index (χ1) is 14.3. The van der Waals surface area contributed by atoms with E-state index in [2.05, 4.69) is 34.1 Å². The zero-order chi connectivity index (χ0) is 19.9. The number of likely N-dealkylation sites (tertiary alicyclic amines) is 1. The number of benzene rings is 1. The van der Waals surface area contributed by atoms with E-state index in [0.29, 0.717) is 11.5 Å². The van der Waals surface area contributed by atoms with E-state index in [1.807, 2.05) is 7.11 Å². The summed E-state index contributed by atoms with van der Waals surface area (Å²) in [7, 11) is 1.90. The standard InChI is InChI=1S/C24H38N2O3/c1-27-23-9-4-10-24(23)11-5-12-26(20-24)19-21-7-2-3-8-22(21)29-16-6-13-25-14-17-28-18-15-25/h2-3,7-8,23H,4-6,9-20H2,1H3/t23-,24-/m1/s1. The lowest BCUT2D eigenvalue weighted by Crippen LogP contribution is -2.47. The minimum atomic E-state index is 0.376. The quantitative estimate of drug-likeness (QED) is 0.621. The predicted molar refractivity (Wildman–Crippen MR) is 115 cm³/mol. The average Bonchev–Trinajstić information content (AvgIpc) is 3.14. The molecule has 0 aromatic heterocycles. The Labute approximate surface area is 176 Å². The molecule has 3 fully saturated rings. The Bertz CT molecular complexity index is 634. The molecule has 2 saturated heterocycles. The first-order valence-electron chi connectivity index (χ1n) is 11.5. The third kappa shape index (κ3) is 5.32. The summed E-state index contributed by atoms with van der Waals surface area (Å²) in [6.07, 6.45) is 7.97. The smallest absolute Gasteiger partial charge is 0.123 e. The van der Waals surface area contributed by atoms with Crippen LogP contribution in [0.5, 0.6) is 5.75 Å². The summed E-state index contributed by atoms with van der Waals surface area (Å²) in [6.45, 7) is 9.04. The van der Waals surface area contributed by atoms with E-state index in [1.54, 1.807) is 0 Å². The highest BCUT2D eigenvalue weighted by atomic mass is 16.5. The Kier molecular flexibility index (Phi) is 7.46. The molecule has 162 valence electrons. The lowest BCUT2D eigenvalue weighted by molar-refractivity contribution is -0.0367. The molecule has 0 bridgehead atoms. The van der Waals surface area contributed by atoms with Crippen molar-refractivity contribution in [3.8, 4) is 5.75 Å². The number of ether oxygens (including phenoxy) is 3. The fourth-order valence-corrected chi connectivity index (χ4v) is 5.65. The van der Waals surface area contributed by atoms with Crippen molar-refractivity contribution >= 4 is 0 Å². The zero-order valence-electron chi connectivity index (χ0n) is 18.1. The summed E-state index contributed by atoms with van der Waals surface area (Å²) in [4.78, 5) is 5.11. The van der Waals surface area contributed by atoms with Crippen molar-refractivity contribution < 1.29 is 14.2 Å². The van der Waals surface area contributed by atoms with Crippen molar-refractivity contribution in [1.82, 2.24) is 9.80 Å². The molecule has 3 aliphatic rings. The van der Waals surface area contributed by atoms with Crippen LogP contribution in [0.4, 0.5) is 0 Å². The SMILES string of the molecule is CO[C@@H]1CCC[C@]12CCCN(Cc1ccccc1OCCCN1CCOCC1)C2. The fourth-order valence-electron chi connectivity index (χ4n) is 5.65. The molecule has 4 rings (SSSR count). The molecular formula is C24H38N2O3. The number of rotatable bonds is 8. The predicted octanol–water partition coefficient (Wildman–Crippen LogP) is 3.57. The van der Waals surface area contributed by atoms with Crippen LogP contribution in [-0.2, 0) is 16.0 Å². The number of nitrogens with zero attached hydrogens (tertiary/aromatic N) is 2. The molecule has 0 amide bonds. The molecule has 2 aliphatic heterocycles. The normalized spacial score (nSPS) is 28.8. The number of hydrogen-bond donors (Lipinski definition) is 0. The van der Waals surface area contributed by atoms with Crippen LogP contribution in [0.25, 0.3) is 0 Å². The van der Waals surface area contributed by atoms with Gasteiger partial charge in [-0.25, -0.2) is 0 Å². The maximum Gasteiger partial charge on any atom is 0.123 e. The van der Waals surface area contributed by atoms with Gasteiger partial charge in [-0.05, 0) is 44.7 Å². The molecule has 0 unspecified atom stereocenters. The first kappa shape index (κ1) is 21.1. The van der Waals surface area contributed by atoms with E-state index in [0.717, 1.165) is 64.7 Å². The van der Waals surface area contributed by atoms with Crippen LogP contribution in [0.15, 0.2) is 24.3 Å². The Morgan fingerprint density at radius 2 is 1.90 bits per heavy atom. The average molecular weight is 403 g/mol. The van der Waals surface area contributed by atoms with Crippen molar-refractivity contribution in [2.45, 2.75) is 51.2 Å². The van der Waals surface area contributed by atoms with Gasteiger partial charge in [0.15, 0.2) is 0 Å². The first-order valence-corrected chi connectivity index (χ1v) is 11.5. The summed E-state index contributed by atoms with van der Waals surface area (Å²) >= 11 is 0. The minimum absolute atomic E-state index is 0.376. The minimum Gasteiger partial charge on any atom is -0.493 e. The van der Waals surface area contributed by atoms with Gasteiger partial charge in [0.2, 0.25) is 0 Å². The fraction of sp³-hybridized carbons (Fsp3) is 0.750. The van der Waals surface area contributed by atoms with E-state index >= 15 is 0 Å². The largest absolute Gasteiger partial charge is 0.493 e. The van der Waals surface area contributed by atoms with E-state index in [1.165, 1.54) is 44.2 Å². The number of methoxy groups -OCH3 is 1. The Balaban J connectivity index is 1.30. The van der Waals surface area contributed by atoms with Crippen LogP contribution in [0.1, 0.15) is 44.1 Å². The lowest BCUT2D eigenvalue weighted by Gasteiger charge is -2.43. The van der Waals surface area contributed by atoms with E-state index in [9.17, 15) is 0 Å². The number of piperidine rings is 1. The highest BCUT2D eigenvalue weighted by Crippen LogP contribution is 2.46. The van der Waals surface area contributed by atoms with Gasteiger partial charge in [-0.3, -0.25) is 9.80 Å². The maximum absolute atomic E-state index is 6.22. The van der Waals surface area contributed by atoms with Crippen LogP contribution >= 0.6 is 0 Å². The molecule has 1 saturated carbocycles. The summed E-state index contributed by atoms with van der Waals surface area (Å²) in [5, 5.41) is 0. The van der Waals surface area contributed by atoms with Crippen LogP contribution in [0.3, 0.4) is 0 Å². The summed E-state index contributed by atoms with van der Waals surface area (Å²) in [5.41, 5.74) is 1.70. The maximum atomic E-state index is 6.22. The third-order valence-corrected chi connectivity index (χ3v) is 7.14. The molecule has 2 atom stereocenters. The van der Waals surface area contributed by atoms with Crippen LogP contribution in [-0.4, -0.2) is 75.6 Å². The van der Waals surface area contributed by atoms with Gasteiger partial charge in [0.1, 0.15) is 5.75 Å². The zero-order valence-corrected chi connectivity index (χ0v) is 18.1. The molecule has 0 radical (unpaired) electrons. The lowest BCUT2D eigenvalue weighted by atomic mass is 9.76. The van der Waals surface area contributed by atoms with Gasteiger partial charge in [-0.15, -0.1) is 0 Å². The van der Waals surface area contributed by atoms with Gasteiger partial charge in [0.25, 0.3) is 0 Å². The molecule has 5 heteroatoms. The van der Waals surface area contributed by atoms with Gasteiger partial charge in [-0.1, -0.05) is 24.6 Å². The molecule has 0 N–H and O–H groups in total. The Hall–Kier alpha value is -1.14. The molecule has 1 aromatic rings. The summed E-state index contributed by atoms with van der Waals surface area (Å²) in [6, 6.07) is 8.61. The van der Waals surface area contributed by atoms with Crippen LogP contribution < -0.4 is 4.74 Å². The highest BCUT2D eigenvalue weighted by Gasteiger charge is 2.45. The Morgan fingerprint density at radius 3 is 2.76 bits per heavy atom. The number of para-hydroxylation sites is 1. The monoisotopic (exact) mass is 402 g/mol. The van der Waals surface area contributed by atoms with Crippen molar-refractivity contribution in [3.05, 3.63) is 29.8 Å². The molecular weight excluding hydrogens is 364 g/mol. The molecule has 1 aliphatic carbocycles. The van der Waals surface area contributed by atoms with Crippen molar-refractivity contribution in [2.24, 2.45) is 5.41 Å². The van der Waals surface area contributed by atoms with Gasteiger partial charge in [0.05, 0.1) is 25.9 Å². The second-order valence-electron chi connectivity index (χ2n) is 9.06. The van der Waals surface area contributed by atoms with Crippen molar-refractivity contribution in [1.29, 1.82) is 0 Å². The van der Waals surface area contributed by atoms with Crippen LogP contribution in [0, 0.1) is 5.41 Å². The molecule has 1 spiro atoms. The van der Waals surface area contributed by atoms with Gasteiger partial charge < -0.3 is 14.2 Å². The third-order valence-electron chi connectivity index (χ3n) is 7.14. The van der Waals surface area contributed by atoms with E-state index in [-0.39, 0.29) is 0 Å². The number of morpholine rings is 1. The van der Waals surface area contributed by atoms with Gasteiger partial charge in [-0.2, -0.15) is 0 Å². The summed E-state index contributed by atoms with van der Waals surface area (Å²) < 4.78 is 17.5. The molecule has 2 heterocycles. The van der Waals surface area contributed by atoms with E-state index in [4.69, 9.17) is 14.2 Å². The van der Waals surface area contributed by atoms with Crippen molar-refractivity contribution in [3.63, 3.8) is 0 Å². The van der Waals surface area contributed by atoms with Gasteiger partial charge in [0, 0.05) is 50.8 Å². The second kappa shape index (κ2) is 10.3. The van der Waals surface area contributed by atoms with E-state index < -0.39 is 0 Å². The molecule has 29 heavy (non-hydrogen) atoms. The van der Waals surface area contributed by atoms with Gasteiger partial charge >= 0.3 is 0 Å². The number of hydrogen-bond acceptors (Lipinski definition) is 5. The highest BCUT2D eigenvalue weighted by molar-refractivity contribution is 5.33. The Morgan fingerprint density at radius 1 is 1.07 bits per heavy atom. The molecule has 5 nitrogen and oxygen atoms in total. The van der Waals surface area contributed by atoms with Crippen LogP contribution in [0.2, 0.25) is 0 Å². The summed E-state index contributed by atoms with van der Waals surface area (Å²) in [5.74, 6) is 1.06.